The molecule has 0 spiro atoms. The summed E-state index contributed by atoms with van der Waals surface area (Å²) in [5.41, 5.74) is -0.999. The molecule has 1 saturated carbocycles. The van der Waals surface area contributed by atoms with E-state index in [0.29, 0.717) is 17.0 Å². The molecule has 172 valence electrons. The number of ether oxygens (including phenoxy) is 2. The van der Waals surface area contributed by atoms with Crippen LogP contribution in [0, 0.1) is 0 Å². The number of nitrogens with one attached hydrogen (secondary N) is 1. The van der Waals surface area contributed by atoms with E-state index in [2.05, 4.69) is 20.3 Å². The monoisotopic (exact) mass is 477 g/mol. The van der Waals surface area contributed by atoms with Crippen LogP contribution in [-0.4, -0.2) is 76.3 Å². The van der Waals surface area contributed by atoms with Crippen molar-refractivity contribution in [3.63, 3.8) is 0 Å². The first-order valence-corrected chi connectivity index (χ1v) is 12.1. The average Bonchev–Trinajstić information content (AvgIpc) is 3.36. The van der Waals surface area contributed by atoms with Crippen molar-refractivity contribution in [3.8, 4) is 0 Å². The predicted octanol–water partition coefficient (Wildman–Crippen LogP) is 0.995. The minimum Gasteiger partial charge on any atom is -0.387 e. The van der Waals surface area contributed by atoms with Gasteiger partial charge in [-0.1, -0.05) is 12.8 Å². The maximum atomic E-state index is 11.0. The molecule has 12 nitrogen and oxygen atoms in total. The molecule has 4 rings (SSSR count). The van der Waals surface area contributed by atoms with Gasteiger partial charge in [-0.2, -0.15) is 9.97 Å². The summed E-state index contributed by atoms with van der Waals surface area (Å²) in [5, 5.41) is 24.8. The van der Waals surface area contributed by atoms with Crippen molar-refractivity contribution < 1.29 is 34.0 Å². The quantitative estimate of drug-likeness (QED) is 0.284. The van der Waals surface area contributed by atoms with Crippen LogP contribution in [0.4, 0.5) is 5.82 Å². The van der Waals surface area contributed by atoms with Gasteiger partial charge in [0.05, 0.1) is 12.9 Å². The number of aliphatic hydroxyl groups excluding tert-OH is 1. The lowest BCUT2D eigenvalue weighted by atomic mass is 9.96. The molecule has 2 fully saturated rings. The number of nitrogens with zero attached hydrogens (tertiary/aromatic N) is 4. The Bertz CT molecular complexity index is 993. The van der Waals surface area contributed by atoms with Gasteiger partial charge < -0.3 is 34.8 Å². The topological polar surface area (TPSA) is 172 Å². The number of hydrogen-bond donors (Lipinski definition) is 5. The summed E-state index contributed by atoms with van der Waals surface area (Å²) in [6, 6.07) is 0.266. The zero-order chi connectivity index (χ0) is 22.4. The van der Waals surface area contributed by atoms with Crippen LogP contribution in [0.2, 0.25) is 5.28 Å². The molecule has 1 saturated heterocycles. The zero-order valence-corrected chi connectivity index (χ0v) is 18.4. The molecule has 14 heteroatoms. The molecule has 0 bridgehead atoms. The van der Waals surface area contributed by atoms with Gasteiger partial charge in [0.15, 0.2) is 23.2 Å². The van der Waals surface area contributed by atoms with Crippen LogP contribution in [-0.2, 0) is 14.0 Å². The molecule has 0 unspecified atom stereocenters. The summed E-state index contributed by atoms with van der Waals surface area (Å²) < 4.78 is 23.2. The van der Waals surface area contributed by atoms with Crippen LogP contribution >= 0.6 is 19.2 Å². The molecule has 2 aliphatic rings. The summed E-state index contributed by atoms with van der Waals surface area (Å²) in [7, 11) is -4.37. The first kappa shape index (κ1) is 22.8. The highest BCUT2D eigenvalue weighted by Gasteiger charge is 2.53. The lowest BCUT2D eigenvalue weighted by molar-refractivity contribution is -0.0959. The molecule has 5 N–H and O–H groups in total. The average molecular weight is 478 g/mol. The van der Waals surface area contributed by atoms with Gasteiger partial charge in [-0.15, -0.1) is 0 Å². The highest BCUT2D eigenvalue weighted by molar-refractivity contribution is 7.51. The fourth-order valence-electron chi connectivity index (χ4n) is 4.09. The van der Waals surface area contributed by atoms with E-state index in [-0.39, 0.29) is 17.9 Å². The van der Waals surface area contributed by atoms with Gasteiger partial charge >= 0.3 is 7.60 Å². The minimum absolute atomic E-state index is 0.00513. The Labute approximate surface area is 182 Å². The highest BCUT2D eigenvalue weighted by Crippen LogP contribution is 2.41. The molecule has 31 heavy (non-hydrogen) atoms. The third-order valence-electron chi connectivity index (χ3n) is 5.64. The molecule has 0 radical (unpaired) electrons. The molecule has 2 aromatic heterocycles. The van der Waals surface area contributed by atoms with E-state index in [4.69, 9.17) is 30.9 Å². The van der Waals surface area contributed by atoms with E-state index in [9.17, 15) is 14.8 Å². The van der Waals surface area contributed by atoms with Crippen molar-refractivity contribution in [2.24, 2.45) is 0 Å². The van der Waals surface area contributed by atoms with Gasteiger partial charge in [0.2, 0.25) is 5.28 Å². The molecule has 0 aromatic carbocycles. The Morgan fingerprint density at radius 2 is 2.10 bits per heavy atom. The van der Waals surface area contributed by atoms with E-state index in [1.807, 2.05) is 0 Å². The normalized spacial score (nSPS) is 29.8. The fourth-order valence-corrected chi connectivity index (χ4v) is 4.60. The Hall–Kier alpha value is -1.37. The highest BCUT2D eigenvalue weighted by atomic mass is 35.5. The summed E-state index contributed by atoms with van der Waals surface area (Å²) in [5.74, 6) is 0.486. The third kappa shape index (κ3) is 4.71. The van der Waals surface area contributed by atoms with Crippen LogP contribution in [0.3, 0.4) is 0 Å². The van der Waals surface area contributed by atoms with Crippen LogP contribution < -0.4 is 5.32 Å². The molecule has 4 atom stereocenters. The molecule has 1 aliphatic carbocycles. The summed E-state index contributed by atoms with van der Waals surface area (Å²) >= 11 is 6.13. The first-order chi connectivity index (χ1) is 14.6. The van der Waals surface area contributed by atoms with Crippen molar-refractivity contribution >= 4 is 36.2 Å². The molecule has 2 aromatic rings. The number of rotatable bonds is 7. The van der Waals surface area contributed by atoms with Crippen molar-refractivity contribution in [1.29, 1.82) is 0 Å². The number of imidazole rings is 1. The lowest BCUT2D eigenvalue weighted by Crippen LogP contribution is -2.44. The standard InChI is InChI=1S/C17H25ClN5O7P/c1-17(25)12(24)10(6-29-8-31(26,27)28)30-15(17)23-7-19-11-13(20-9-4-2-3-5-9)21-16(18)22-14(11)23/h7,9-10,12,15,24-25H,2-6,8H2,1H3,(H,20,21,22)(H2,26,27,28)/t10-,12+,15-,17-/m1/s1. The number of aromatic nitrogens is 4. The minimum atomic E-state index is -4.37. The Morgan fingerprint density at radius 3 is 2.77 bits per heavy atom. The van der Waals surface area contributed by atoms with Crippen LogP contribution in [0.1, 0.15) is 38.8 Å². The van der Waals surface area contributed by atoms with E-state index in [1.165, 1.54) is 17.8 Å². The molecular weight excluding hydrogens is 453 g/mol. The molecule has 1 aliphatic heterocycles. The maximum absolute atomic E-state index is 11.0. The summed E-state index contributed by atoms with van der Waals surface area (Å²) in [4.78, 5) is 30.7. The van der Waals surface area contributed by atoms with Gasteiger partial charge in [-0.05, 0) is 31.4 Å². The second-order valence-corrected chi connectivity index (χ2v) is 10.1. The second-order valence-electron chi connectivity index (χ2n) is 8.15. The van der Waals surface area contributed by atoms with Gasteiger partial charge in [0, 0.05) is 6.04 Å². The van der Waals surface area contributed by atoms with Crippen molar-refractivity contribution in [2.45, 2.75) is 62.7 Å². The van der Waals surface area contributed by atoms with Crippen LogP contribution in [0.25, 0.3) is 11.2 Å². The van der Waals surface area contributed by atoms with Crippen molar-refractivity contribution in [2.75, 3.05) is 18.3 Å². The number of halogens is 1. The van der Waals surface area contributed by atoms with Crippen molar-refractivity contribution in [1.82, 2.24) is 19.5 Å². The smallest absolute Gasteiger partial charge is 0.350 e. The Kier molecular flexibility index (Phi) is 6.27. The van der Waals surface area contributed by atoms with Gasteiger partial charge in [-0.3, -0.25) is 9.13 Å². The Morgan fingerprint density at radius 1 is 1.39 bits per heavy atom. The molecular formula is C17H25ClN5O7P. The Balaban J connectivity index is 1.60. The number of aliphatic hydroxyl groups is 2. The van der Waals surface area contributed by atoms with E-state index < -0.39 is 38.0 Å². The zero-order valence-electron chi connectivity index (χ0n) is 16.8. The number of fused-ring (bicyclic) bond motifs is 1. The van der Waals surface area contributed by atoms with Crippen LogP contribution in [0.5, 0.6) is 0 Å². The second kappa shape index (κ2) is 8.53. The maximum Gasteiger partial charge on any atom is 0.350 e. The lowest BCUT2D eigenvalue weighted by Gasteiger charge is -2.27. The van der Waals surface area contributed by atoms with E-state index in [0.717, 1.165) is 25.7 Å². The largest absolute Gasteiger partial charge is 0.387 e. The van der Waals surface area contributed by atoms with E-state index >= 15 is 0 Å². The third-order valence-corrected chi connectivity index (χ3v) is 6.33. The summed E-state index contributed by atoms with van der Waals surface area (Å²) in [6.45, 7) is 1.06. The van der Waals surface area contributed by atoms with Crippen LogP contribution in [0.15, 0.2) is 6.33 Å². The van der Waals surface area contributed by atoms with Gasteiger partial charge in [0.25, 0.3) is 0 Å². The first-order valence-electron chi connectivity index (χ1n) is 9.91. The number of anilines is 1. The summed E-state index contributed by atoms with van der Waals surface area (Å²) in [6.07, 6.45) is 1.39. The number of hydrogen-bond acceptors (Lipinski definition) is 9. The molecule has 0 amide bonds. The van der Waals surface area contributed by atoms with Crippen molar-refractivity contribution in [3.05, 3.63) is 11.6 Å². The van der Waals surface area contributed by atoms with E-state index in [1.54, 1.807) is 0 Å². The predicted molar refractivity (Wildman–Crippen MR) is 110 cm³/mol. The van der Waals surface area contributed by atoms with Gasteiger partial charge in [0.1, 0.15) is 24.2 Å². The van der Waals surface area contributed by atoms with Gasteiger partial charge in [-0.25, -0.2) is 4.98 Å². The fraction of sp³-hybridized carbons (Fsp3) is 0.706. The molecule has 3 heterocycles. The SMILES string of the molecule is C[C@@]1(O)[C@@H](O)[C@@H](COCP(=O)(O)O)O[C@H]1n1cnc2c(NC3CCCC3)nc(Cl)nc21.